The molecule has 0 spiro atoms. The van der Waals surface area contributed by atoms with E-state index in [2.05, 4.69) is 54.6 Å². The average molecular weight is 461 g/mol. The second-order valence-electron chi connectivity index (χ2n) is 12.4. The zero-order valence-electron chi connectivity index (χ0n) is 20.7. The highest BCUT2D eigenvalue weighted by molar-refractivity contribution is 5.34. The molecule has 4 aliphatic carbocycles. The van der Waals surface area contributed by atoms with Gasteiger partial charge in [-0.05, 0) is 98.7 Å². The molecule has 1 aliphatic heterocycles. The molecule has 182 valence electrons. The standard InChI is InChI=1S/C31H42NO2/c33-29(22-32(13-5-2-6-14-32)21-24-7-3-1-4-8-24)23-34-30-11-9-28(10-12-30)31-18-25-15-26(19-31)17-27(16-25)20-31/h1,3-4,7-12,25-27,29,33H,2,5-6,13-23H2/q+1/t25?,26?,27?,29-,31?/m1/s1. The summed E-state index contributed by atoms with van der Waals surface area (Å²) in [7, 11) is 0. The van der Waals surface area contributed by atoms with Crippen LogP contribution in [0.1, 0.15) is 68.9 Å². The number of quaternary nitrogens is 1. The highest BCUT2D eigenvalue weighted by atomic mass is 16.5. The van der Waals surface area contributed by atoms with Crippen LogP contribution in [0.25, 0.3) is 0 Å². The van der Waals surface area contributed by atoms with Crippen LogP contribution in [0.2, 0.25) is 0 Å². The van der Waals surface area contributed by atoms with Gasteiger partial charge in [0.15, 0.2) is 0 Å². The smallest absolute Gasteiger partial charge is 0.137 e. The van der Waals surface area contributed by atoms with E-state index in [1.807, 2.05) is 0 Å². The summed E-state index contributed by atoms with van der Waals surface area (Å²) in [5.74, 6) is 3.82. The van der Waals surface area contributed by atoms with Crippen molar-refractivity contribution in [2.75, 3.05) is 26.2 Å². The number of aliphatic hydroxyl groups excluding tert-OH is 1. The summed E-state index contributed by atoms with van der Waals surface area (Å²) in [6.45, 7) is 4.49. The molecule has 1 N–H and O–H groups in total. The van der Waals surface area contributed by atoms with Crippen molar-refractivity contribution < 1.29 is 14.3 Å². The van der Waals surface area contributed by atoms with Gasteiger partial charge in [-0.25, -0.2) is 0 Å². The van der Waals surface area contributed by atoms with Gasteiger partial charge < -0.3 is 14.3 Å². The van der Waals surface area contributed by atoms with E-state index in [0.717, 1.165) is 54.2 Å². The Morgan fingerprint density at radius 3 is 2.06 bits per heavy atom. The number of hydrogen-bond acceptors (Lipinski definition) is 2. The minimum absolute atomic E-state index is 0.380. The average Bonchev–Trinajstić information content (AvgIpc) is 2.83. The van der Waals surface area contributed by atoms with Crippen molar-refractivity contribution in [2.45, 2.75) is 75.9 Å². The summed E-state index contributed by atoms with van der Waals surface area (Å²) in [5, 5.41) is 11.0. The fourth-order valence-corrected chi connectivity index (χ4v) is 8.62. The molecular weight excluding hydrogens is 418 g/mol. The van der Waals surface area contributed by atoms with Crippen LogP contribution in [0.4, 0.5) is 0 Å². The number of hydrogen-bond donors (Lipinski definition) is 1. The van der Waals surface area contributed by atoms with E-state index in [9.17, 15) is 5.11 Å². The molecule has 3 heteroatoms. The number of piperidine rings is 1. The molecule has 0 amide bonds. The van der Waals surface area contributed by atoms with E-state index < -0.39 is 6.10 Å². The van der Waals surface area contributed by atoms with Crippen LogP contribution in [-0.4, -0.2) is 41.9 Å². The van der Waals surface area contributed by atoms with Crippen molar-refractivity contribution in [1.29, 1.82) is 0 Å². The Morgan fingerprint density at radius 1 is 0.824 bits per heavy atom. The third kappa shape index (κ3) is 4.66. The fourth-order valence-electron chi connectivity index (χ4n) is 8.62. The molecule has 0 aromatic heterocycles. The predicted molar refractivity (Wildman–Crippen MR) is 137 cm³/mol. The van der Waals surface area contributed by atoms with E-state index >= 15 is 0 Å². The van der Waals surface area contributed by atoms with Gasteiger partial charge in [-0.3, -0.25) is 0 Å². The van der Waals surface area contributed by atoms with Crippen molar-refractivity contribution in [3.8, 4) is 5.75 Å². The maximum Gasteiger partial charge on any atom is 0.137 e. The van der Waals surface area contributed by atoms with E-state index in [-0.39, 0.29) is 0 Å². The topological polar surface area (TPSA) is 29.5 Å². The fraction of sp³-hybridized carbons (Fsp3) is 0.613. The lowest BCUT2D eigenvalue weighted by Crippen LogP contribution is -2.55. The van der Waals surface area contributed by atoms with Gasteiger partial charge in [0.1, 0.15) is 31.5 Å². The van der Waals surface area contributed by atoms with Gasteiger partial charge in [0.25, 0.3) is 0 Å². The van der Waals surface area contributed by atoms with Gasteiger partial charge in [0, 0.05) is 5.56 Å². The molecule has 4 bridgehead atoms. The molecule has 7 rings (SSSR count). The van der Waals surface area contributed by atoms with Gasteiger partial charge in [-0.15, -0.1) is 0 Å². The van der Waals surface area contributed by atoms with E-state index in [1.165, 1.54) is 63.4 Å². The van der Waals surface area contributed by atoms with E-state index in [1.54, 1.807) is 5.56 Å². The van der Waals surface area contributed by atoms with Gasteiger partial charge >= 0.3 is 0 Å². The van der Waals surface area contributed by atoms with Crippen LogP contribution < -0.4 is 4.74 Å². The normalized spacial score (nSPS) is 32.4. The van der Waals surface area contributed by atoms with E-state index in [4.69, 9.17) is 4.74 Å². The van der Waals surface area contributed by atoms with Crippen LogP contribution in [-0.2, 0) is 12.0 Å². The van der Waals surface area contributed by atoms with Crippen molar-refractivity contribution >= 4 is 0 Å². The lowest BCUT2D eigenvalue weighted by Gasteiger charge is -2.57. The Kier molecular flexibility index (Phi) is 6.20. The summed E-state index contributed by atoms with van der Waals surface area (Å²) in [6, 6.07) is 19.8. The number of nitrogens with zero attached hydrogens (tertiary/aromatic N) is 1. The Balaban J connectivity index is 1.07. The molecule has 2 aromatic carbocycles. The summed E-state index contributed by atoms with van der Waals surface area (Å²) in [6.07, 6.45) is 12.1. The highest BCUT2D eigenvalue weighted by Crippen LogP contribution is 2.60. The molecule has 34 heavy (non-hydrogen) atoms. The van der Waals surface area contributed by atoms with Crippen LogP contribution in [0.3, 0.4) is 0 Å². The number of ether oxygens (including phenoxy) is 1. The molecule has 1 heterocycles. The van der Waals surface area contributed by atoms with Crippen LogP contribution >= 0.6 is 0 Å². The first-order valence-corrected chi connectivity index (χ1v) is 13.9. The Bertz CT molecular complexity index is 912. The summed E-state index contributed by atoms with van der Waals surface area (Å²) in [4.78, 5) is 0. The Labute approximate surface area is 205 Å². The lowest BCUT2D eigenvalue weighted by atomic mass is 9.48. The third-order valence-corrected chi connectivity index (χ3v) is 9.67. The van der Waals surface area contributed by atoms with Crippen LogP contribution in [0, 0.1) is 17.8 Å². The zero-order valence-corrected chi connectivity index (χ0v) is 20.7. The molecule has 0 unspecified atom stereocenters. The molecule has 3 nitrogen and oxygen atoms in total. The number of likely N-dealkylation sites (tertiary alicyclic amines) is 1. The van der Waals surface area contributed by atoms with Crippen molar-refractivity contribution in [1.82, 2.24) is 0 Å². The number of rotatable bonds is 8. The molecule has 4 saturated carbocycles. The SMILES string of the molecule is O[C@@H](COc1ccc(C23CC4CC(CC(C4)C2)C3)cc1)C[N+]1(Cc2ccccc2)CCCCC1. The molecule has 1 saturated heterocycles. The van der Waals surface area contributed by atoms with Crippen molar-refractivity contribution in [3.63, 3.8) is 0 Å². The largest absolute Gasteiger partial charge is 0.491 e. The number of benzene rings is 2. The molecule has 1 atom stereocenters. The zero-order chi connectivity index (χ0) is 23.0. The minimum atomic E-state index is -0.440. The Hall–Kier alpha value is -1.84. The molecule has 2 aromatic rings. The molecule has 5 fully saturated rings. The van der Waals surface area contributed by atoms with Gasteiger partial charge in [0.05, 0.1) is 13.1 Å². The Morgan fingerprint density at radius 2 is 1.44 bits per heavy atom. The quantitative estimate of drug-likeness (QED) is 0.483. The first-order chi connectivity index (χ1) is 16.6. The first kappa shape index (κ1) is 22.6. The molecule has 0 radical (unpaired) electrons. The van der Waals surface area contributed by atoms with Gasteiger partial charge in [-0.2, -0.15) is 0 Å². The summed E-state index contributed by atoms with van der Waals surface area (Å²) < 4.78 is 7.10. The maximum atomic E-state index is 11.0. The summed E-state index contributed by atoms with van der Waals surface area (Å²) >= 11 is 0. The summed E-state index contributed by atoms with van der Waals surface area (Å²) in [5.41, 5.74) is 3.35. The number of aliphatic hydroxyl groups is 1. The van der Waals surface area contributed by atoms with Gasteiger partial charge in [0.2, 0.25) is 0 Å². The third-order valence-electron chi connectivity index (χ3n) is 9.67. The van der Waals surface area contributed by atoms with Crippen LogP contribution in [0.15, 0.2) is 54.6 Å². The lowest BCUT2D eigenvalue weighted by molar-refractivity contribution is -0.947. The van der Waals surface area contributed by atoms with E-state index in [0.29, 0.717) is 12.0 Å². The minimum Gasteiger partial charge on any atom is -0.491 e. The van der Waals surface area contributed by atoms with Crippen molar-refractivity contribution in [2.24, 2.45) is 17.8 Å². The highest BCUT2D eigenvalue weighted by Gasteiger charge is 2.51. The van der Waals surface area contributed by atoms with Crippen LogP contribution in [0.5, 0.6) is 5.75 Å². The van der Waals surface area contributed by atoms with Crippen molar-refractivity contribution in [3.05, 3.63) is 65.7 Å². The maximum absolute atomic E-state index is 11.0. The molecular formula is C31H42NO2+. The molecule has 5 aliphatic rings. The second-order valence-corrected chi connectivity index (χ2v) is 12.4. The monoisotopic (exact) mass is 460 g/mol. The first-order valence-electron chi connectivity index (χ1n) is 13.9. The predicted octanol–water partition coefficient (Wildman–Crippen LogP) is 6.10. The second kappa shape index (κ2) is 9.32. The van der Waals surface area contributed by atoms with Gasteiger partial charge in [-0.1, -0.05) is 42.5 Å².